The van der Waals surface area contributed by atoms with Crippen molar-refractivity contribution < 1.29 is 72.4 Å². The average molecular weight is 279 g/mol. The van der Waals surface area contributed by atoms with Gasteiger partial charge in [0.15, 0.2) is 0 Å². The molecule has 0 radical (unpaired) electrons. The van der Waals surface area contributed by atoms with Crippen molar-refractivity contribution in [2.75, 3.05) is 0 Å². The molecule has 5 heavy (non-hydrogen) atoms. The van der Waals surface area contributed by atoms with Crippen LogP contribution in [0.3, 0.4) is 0 Å². The second kappa shape index (κ2) is 31.3. The second-order valence-electron chi connectivity index (χ2n) is 0. The smallest absolute Gasteiger partial charge is 0.0626 e. The predicted octanol–water partition coefficient (Wildman–Crippen LogP) is -7.35. The van der Waals surface area contributed by atoms with Crippen LogP contribution in [0.5, 0.6) is 0 Å². The fraction of sp³-hybridized carbons (Fsp3) is 0. The van der Waals surface area contributed by atoms with Gasteiger partial charge in [0.25, 0.3) is 0 Å². The Morgan fingerprint density at radius 1 is 0.600 bits per heavy atom. The van der Waals surface area contributed by atoms with Crippen molar-refractivity contribution in [3.63, 3.8) is 0 Å². The van der Waals surface area contributed by atoms with Crippen LogP contribution in [0.1, 0.15) is 0 Å². The van der Waals surface area contributed by atoms with E-state index >= 15 is 0 Å². The normalized spacial score (nSPS) is 0. The summed E-state index contributed by atoms with van der Waals surface area (Å²) in [5.41, 5.74) is 0. The number of rotatable bonds is 0. The summed E-state index contributed by atoms with van der Waals surface area (Å²) in [7, 11) is 0. The van der Waals surface area contributed by atoms with E-state index in [2.05, 4.69) is 0 Å². The summed E-state index contributed by atoms with van der Waals surface area (Å²) in [6.07, 6.45) is 0. The molecule has 0 aliphatic heterocycles. The molecule has 0 aromatic rings. The van der Waals surface area contributed by atoms with Crippen LogP contribution in [0.15, 0.2) is 0 Å². The molecule has 5 heteroatoms. The molecule has 0 saturated heterocycles. The van der Waals surface area contributed by atoms with Crippen molar-refractivity contribution in [3.8, 4) is 0 Å². The van der Waals surface area contributed by atoms with Crippen molar-refractivity contribution in [2.24, 2.45) is 0 Å². The van der Waals surface area contributed by atoms with Gasteiger partial charge in [-0.25, -0.2) is 0 Å². The zero-order valence-corrected chi connectivity index (χ0v) is 6.71. The van der Waals surface area contributed by atoms with Gasteiger partial charge in [0.2, 0.25) is 0 Å². The molecule has 0 aliphatic carbocycles. The first-order valence-corrected chi connectivity index (χ1v) is 0. The van der Waals surface area contributed by atoms with Gasteiger partial charge < -0.3 is 0 Å². The standard InChI is InChI=1S/3BH4.K.Pt/h3*1H4;;/q3*-1;+1;+2. The summed E-state index contributed by atoms with van der Waals surface area (Å²) in [5, 5.41) is 0. The Labute approximate surface area is 95.6 Å². The molecule has 0 atom stereocenters. The Balaban J connectivity index is 0. The third kappa shape index (κ3) is 21.0. The maximum absolute atomic E-state index is 0. The van der Waals surface area contributed by atoms with Crippen molar-refractivity contribution in [2.45, 2.75) is 0 Å². The van der Waals surface area contributed by atoms with Gasteiger partial charge in [0.1, 0.15) is 0 Å². The molecule has 0 unspecified atom stereocenters. The molecule has 0 fully saturated rings. The minimum Gasteiger partial charge on any atom is -0.0626 e. The van der Waals surface area contributed by atoms with Crippen LogP contribution in [-0.2, 0) is 21.1 Å². The first-order valence-electron chi connectivity index (χ1n) is 0. The molecule has 0 aromatic heterocycles. The molecule has 0 saturated carbocycles. The summed E-state index contributed by atoms with van der Waals surface area (Å²) in [6.45, 7) is 0. The topological polar surface area (TPSA) is 0 Å². The van der Waals surface area contributed by atoms with Crippen LogP contribution < -0.4 is 51.4 Å². The Morgan fingerprint density at radius 2 is 0.600 bits per heavy atom. The Hall–Kier alpha value is 2.52. The molecule has 0 nitrogen and oxygen atoms in total. The van der Waals surface area contributed by atoms with E-state index in [4.69, 9.17) is 0 Å². The van der Waals surface area contributed by atoms with Gasteiger partial charge in [-0.15, -0.1) is 0 Å². The molecule has 0 rings (SSSR count). The van der Waals surface area contributed by atoms with Crippen molar-refractivity contribution in [3.05, 3.63) is 0 Å². The Bertz CT molecular complexity index is 6.85. The Kier molecular flexibility index (Phi) is 315. The first-order chi connectivity index (χ1) is 0. The van der Waals surface area contributed by atoms with E-state index in [9.17, 15) is 0 Å². The third-order valence-corrected chi connectivity index (χ3v) is 0. The first kappa shape index (κ1) is 50.3. The Morgan fingerprint density at radius 3 is 0.600 bits per heavy atom. The van der Waals surface area contributed by atoms with Gasteiger partial charge in [0, 0.05) is 0 Å². The van der Waals surface area contributed by atoms with E-state index < -0.39 is 0 Å². The molecule has 0 amide bonds. The van der Waals surface area contributed by atoms with E-state index in [-0.39, 0.29) is 97.7 Å². The molecule has 0 heterocycles. The SMILES string of the molecule is [BH4-].[BH4-].[BH4-].[K+].[Pt+2]. The van der Waals surface area contributed by atoms with Gasteiger partial charge in [0.05, 0.1) is 0 Å². The van der Waals surface area contributed by atoms with Crippen LogP contribution in [0, 0.1) is 0 Å². The molecule has 0 bridgehead atoms. The molecule has 0 N–H and O–H groups in total. The van der Waals surface area contributed by atoms with E-state index in [0.717, 1.165) is 0 Å². The molecular formula is H12B3KPt. The minimum atomic E-state index is 0. The quantitative estimate of drug-likeness (QED) is 0.386. The average Bonchev–Trinajstić information content (AvgIpc) is 0. The fourth-order valence-electron chi connectivity index (χ4n) is 0. The van der Waals surface area contributed by atoms with E-state index in [1.54, 1.807) is 0 Å². The van der Waals surface area contributed by atoms with Crippen LogP contribution in [-0.4, -0.2) is 25.2 Å². The van der Waals surface area contributed by atoms with Crippen LogP contribution in [0.2, 0.25) is 0 Å². The maximum Gasteiger partial charge on any atom is 2.00 e. The van der Waals surface area contributed by atoms with Crippen LogP contribution in [0.25, 0.3) is 0 Å². The summed E-state index contributed by atoms with van der Waals surface area (Å²) in [4.78, 5) is 0. The van der Waals surface area contributed by atoms with Gasteiger partial charge in [-0.3, -0.25) is 0 Å². The van der Waals surface area contributed by atoms with Crippen molar-refractivity contribution in [1.82, 2.24) is 0 Å². The predicted molar refractivity (Wildman–Crippen MR) is 34.0 cm³/mol. The van der Waals surface area contributed by atoms with Crippen LogP contribution >= 0.6 is 0 Å². The maximum atomic E-state index is 0. The van der Waals surface area contributed by atoms with Crippen LogP contribution in [0.4, 0.5) is 0 Å². The molecule has 0 aliphatic rings. The van der Waals surface area contributed by atoms with Gasteiger partial charge in [-0.1, -0.05) is 25.2 Å². The summed E-state index contributed by atoms with van der Waals surface area (Å²) >= 11 is 0. The van der Waals surface area contributed by atoms with Gasteiger partial charge in [-0.05, 0) is 0 Å². The number of hydrogen-bond donors (Lipinski definition) is 0. The van der Waals surface area contributed by atoms with Gasteiger partial charge >= 0.3 is 72.4 Å². The van der Waals surface area contributed by atoms with Gasteiger partial charge in [-0.2, -0.15) is 0 Å². The monoisotopic (exact) mass is 279 g/mol. The summed E-state index contributed by atoms with van der Waals surface area (Å²) in [6, 6.07) is 0. The van der Waals surface area contributed by atoms with E-state index in [1.165, 1.54) is 0 Å². The van der Waals surface area contributed by atoms with E-state index in [0.29, 0.717) is 0 Å². The third-order valence-electron chi connectivity index (χ3n) is 0. The van der Waals surface area contributed by atoms with E-state index in [1.807, 2.05) is 0 Å². The molecular weight excluding hydrogens is 267 g/mol. The summed E-state index contributed by atoms with van der Waals surface area (Å²) in [5.74, 6) is 0. The molecule has 0 aromatic carbocycles. The fourth-order valence-corrected chi connectivity index (χ4v) is 0. The van der Waals surface area contributed by atoms with Crippen molar-refractivity contribution >= 4 is 25.2 Å². The second-order valence-corrected chi connectivity index (χ2v) is 0. The summed E-state index contributed by atoms with van der Waals surface area (Å²) < 4.78 is 0. The molecule has 32 valence electrons. The molecule has 0 spiro atoms. The largest absolute Gasteiger partial charge is 2.00 e. The minimum absolute atomic E-state index is 0. The van der Waals surface area contributed by atoms with Crippen molar-refractivity contribution in [1.29, 1.82) is 0 Å². The number of hydrogen-bond acceptors (Lipinski definition) is 0. The zero-order chi connectivity index (χ0) is 0. The zero-order valence-electron chi connectivity index (χ0n) is 1.32.